The summed E-state index contributed by atoms with van der Waals surface area (Å²) in [7, 11) is 0. The van der Waals surface area contributed by atoms with E-state index in [0.29, 0.717) is 17.9 Å². The minimum atomic E-state index is -0.0321. The summed E-state index contributed by atoms with van der Waals surface area (Å²) in [4.78, 5) is 39.3. The zero-order chi connectivity index (χ0) is 20.2. The summed E-state index contributed by atoms with van der Waals surface area (Å²) in [5.41, 5.74) is 3.11. The van der Waals surface area contributed by atoms with E-state index < -0.39 is 0 Å². The first-order valence-corrected chi connectivity index (χ1v) is 9.68. The summed E-state index contributed by atoms with van der Waals surface area (Å²) in [6, 6.07) is 5.61. The molecule has 0 N–H and O–H groups in total. The van der Waals surface area contributed by atoms with Gasteiger partial charge in [0.25, 0.3) is 0 Å². The van der Waals surface area contributed by atoms with Gasteiger partial charge in [-0.05, 0) is 25.0 Å². The normalized spacial score (nSPS) is 13.2. The molecule has 0 unspecified atom stereocenters. The van der Waals surface area contributed by atoms with Crippen LogP contribution in [0, 0.1) is 6.92 Å². The summed E-state index contributed by atoms with van der Waals surface area (Å²) >= 11 is 0. The molecule has 0 spiro atoms. The third-order valence-electron chi connectivity index (χ3n) is 4.88. The highest BCUT2D eigenvalue weighted by atomic mass is 16.2. The molecule has 4 rings (SSSR count). The van der Waals surface area contributed by atoms with Crippen LogP contribution in [0.5, 0.6) is 0 Å². The van der Waals surface area contributed by atoms with Gasteiger partial charge in [0.05, 0.1) is 17.6 Å². The van der Waals surface area contributed by atoms with Gasteiger partial charge in [-0.3, -0.25) is 29.4 Å². The van der Waals surface area contributed by atoms with Gasteiger partial charge < -0.3 is 0 Å². The fraction of sp³-hybridized carbons (Fsp3) is 0.333. The van der Waals surface area contributed by atoms with Crippen molar-refractivity contribution in [3.63, 3.8) is 0 Å². The zero-order valence-electron chi connectivity index (χ0n) is 16.3. The summed E-state index contributed by atoms with van der Waals surface area (Å²) in [6.07, 6.45) is 8.10. The van der Waals surface area contributed by atoms with E-state index in [1.165, 1.54) is 0 Å². The van der Waals surface area contributed by atoms with Crippen LogP contribution >= 0.6 is 0 Å². The van der Waals surface area contributed by atoms with E-state index in [1.807, 2.05) is 29.8 Å². The number of nitrogens with zero attached hydrogens (tertiary/aromatic N) is 6. The molecule has 0 bridgehead atoms. The highest BCUT2D eigenvalue weighted by molar-refractivity contribution is 5.95. The maximum Gasteiger partial charge on any atom is 0.228 e. The highest BCUT2D eigenvalue weighted by Gasteiger charge is 2.24. The number of aryl methyl sites for hydroxylation is 2. The van der Waals surface area contributed by atoms with Gasteiger partial charge >= 0.3 is 0 Å². The quantitative estimate of drug-likeness (QED) is 0.641. The maximum atomic E-state index is 12.6. The smallest absolute Gasteiger partial charge is 0.228 e. The van der Waals surface area contributed by atoms with Crippen molar-refractivity contribution in [1.29, 1.82) is 0 Å². The van der Waals surface area contributed by atoms with Crippen LogP contribution in [0.15, 0.2) is 43.0 Å². The maximum absolute atomic E-state index is 12.6. The molecule has 0 aromatic carbocycles. The zero-order valence-corrected chi connectivity index (χ0v) is 16.3. The van der Waals surface area contributed by atoms with Crippen molar-refractivity contribution in [1.82, 2.24) is 24.7 Å². The molecule has 0 fully saturated rings. The number of hydrogen-bond acceptors (Lipinski definition) is 6. The number of ketones is 1. The molecule has 0 saturated heterocycles. The van der Waals surface area contributed by atoms with Gasteiger partial charge in [0, 0.05) is 57.0 Å². The lowest BCUT2D eigenvalue weighted by atomic mass is 10.1. The van der Waals surface area contributed by atoms with Gasteiger partial charge in [-0.15, -0.1) is 0 Å². The van der Waals surface area contributed by atoms with Crippen LogP contribution in [0.1, 0.15) is 30.5 Å². The molecule has 1 amide bonds. The molecule has 1 aliphatic heterocycles. The Morgan fingerprint density at radius 2 is 1.93 bits per heavy atom. The minimum Gasteiger partial charge on any atom is -0.299 e. The van der Waals surface area contributed by atoms with E-state index in [4.69, 9.17) is 0 Å². The van der Waals surface area contributed by atoms with Crippen molar-refractivity contribution in [3.8, 4) is 11.4 Å². The number of fused-ring (bicyclic) bond motifs is 1. The Balaban J connectivity index is 1.32. The Hall–Kier alpha value is -3.42. The van der Waals surface area contributed by atoms with Crippen molar-refractivity contribution in [2.75, 3.05) is 11.4 Å². The molecule has 0 radical (unpaired) electrons. The molecule has 8 nitrogen and oxygen atoms in total. The molecule has 3 aromatic heterocycles. The van der Waals surface area contributed by atoms with Crippen LogP contribution in [-0.4, -0.2) is 43.0 Å². The number of aromatic nitrogens is 5. The third-order valence-corrected chi connectivity index (χ3v) is 4.88. The standard InChI is InChI=1S/C21H22N6O2/c1-15-11-20-26(9-2-10-27(20)25-15)21(29)6-4-17(28)12-16-3-5-18(24-13-16)19-14-22-7-8-23-19/h3,5,7-8,11,13-14H,2,4,6,9-10,12H2,1H3. The van der Waals surface area contributed by atoms with Crippen LogP contribution in [-0.2, 0) is 22.6 Å². The van der Waals surface area contributed by atoms with E-state index in [0.717, 1.165) is 30.0 Å². The molecule has 0 aliphatic carbocycles. The number of carbonyl (C=O) groups excluding carboxylic acids is 2. The first-order chi connectivity index (χ1) is 14.1. The second kappa shape index (κ2) is 8.30. The van der Waals surface area contributed by atoms with Gasteiger partial charge in [0.2, 0.25) is 5.91 Å². The van der Waals surface area contributed by atoms with E-state index in [1.54, 1.807) is 29.7 Å². The predicted octanol–water partition coefficient (Wildman–Crippen LogP) is 2.37. The summed E-state index contributed by atoms with van der Waals surface area (Å²) in [6.45, 7) is 3.41. The SMILES string of the molecule is Cc1cc2n(n1)CCCN2C(=O)CCC(=O)Cc1ccc(-c2cnccn2)nc1. The topological polar surface area (TPSA) is 93.9 Å². The Labute approximate surface area is 168 Å². The van der Waals surface area contributed by atoms with Crippen LogP contribution in [0.4, 0.5) is 5.82 Å². The lowest BCUT2D eigenvalue weighted by molar-refractivity contribution is -0.123. The van der Waals surface area contributed by atoms with Crippen LogP contribution in [0.3, 0.4) is 0 Å². The Bertz CT molecular complexity index is 1010. The molecule has 148 valence electrons. The predicted molar refractivity (Wildman–Crippen MR) is 107 cm³/mol. The molecule has 4 heterocycles. The van der Waals surface area contributed by atoms with E-state index in [9.17, 15) is 9.59 Å². The largest absolute Gasteiger partial charge is 0.299 e. The van der Waals surface area contributed by atoms with Crippen molar-refractivity contribution in [2.24, 2.45) is 0 Å². The molecule has 0 atom stereocenters. The van der Waals surface area contributed by atoms with E-state index >= 15 is 0 Å². The fourth-order valence-electron chi connectivity index (χ4n) is 3.47. The molecular formula is C21H22N6O2. The molecule has 29 heavy (non-hydrogen) atoms. The molecule has 3 aromatic rings. The average Bonchev–Trinajstić information content (AvgIpc) is 3.13. The molecule has 1 aliphatic rings. The third kappa shape index (κ3) is 4.37. The number of hydrogen-bond donors (Lipinski definition) is 0. The van der Waals surface area contributed by atoms with Crippen LogP contribution in [0.2, 0.25) is 0 Å². The van der Waals surface area contributed by atoms with E-state index in [2.05, 4.69) is 20.1 Å². The second-order valence-electron chi connectivity index (χ2n) is 7.12. The second-order valence-corrected chi connectivity index (χ2v) is 7.12. The van der Waals surface area contributed by atoms with Crippen molar-refractivity contribution >= 4 is 17.5 Å². The van der Waals surface area contributed by atoms with Crippen LogP contribution < -0.4 is 4.90 Å². The van der Waals surface area contributed by atoms with E-state index in [-0.39, 0.29) is 31.0 Å². The van der Waals surface area contributed by atoms with Crippen molar-refractivity contribution in [2.45, 2.75) is 39.2 Å². The summed E-state index contributed by atoms with van der Waals surface area (Å²) < 4.78 is 1.86. The number of carbonyl (C=O) groups is 2. The number of rotatable bonds is 6. The van der Waals surface area contributed by atoms with Gasteiger partial charge in [-0.2, -0.15) is 5.10 Å². The number of amides is 1. The van der Waals surface area contributed by atoms with Crippen molar-refractivity contribution in [3.05, 3.63) is 54.2 Å². The van der Waals surface area contributed by atoms with Crippen molar-refractivity contribution < 1.29 is 9.59 Å². The lowest BCUT2D eigenvalue weighted by Crippen LogP contribution is -2.37. The first kappa shape index (κ1) is 18.9. The number of anilines is 1. The Morgan fingerprint density at radius 1 is 1.03 bits per heavy atom. The number of Topliss-reactive ketones (excluding diaryl/α,β-unsaturated/α-hetero) is 1. The Morgan fingerprint density at radius 3 is 2.69 bits per heavy atom. The van der Waals surface area contributed by atoms with Gasteiger partial charge in [-0.1, -0.05) is 6.07 Å². The first-order valence-electron chi connectivity index (χ1n) is 9.68. The lowest BCUT2D eigenvalue weighted by Gasteiger charge is -2.27. The minimum absolute atomic E-state index is 0.0223. The summed E-state index contributed by atoms with van der Waals surface area (Å²) in [5.74, 6) is 0.819. The summed E-state index contributed by atoms with van der Waals surface area (Å²) in [5, 5.41) is 4.40. The molecule has 0 saturated carbocycles. The van der Waals surface area contributed by atoms with Gasteiger partial charge in [0.1, 0.15) is 17.3 Å². The highest BCUT2D eigenvalue weighted by Crippen LogP contribution is 2.22. The average molecular weight is 390 g/mol. The van der Waals surface area contributed by atoms with Gasteiger partial charge in [-0.25, -0.2) is 4.68 Å². The molecular weight excluding hydrogens is 368 g/mol. The van der Waals surface area contributed by atoms with Gasteiger partial charge in [0.15, 0.2) is 0 Å². The Kier molecular flexibility index (Phi) is 5.41. The fourth-order valence-corrected chi connectivity index (χ4v) is 3.47. The number of pyridine rings is 1. The van der Waals surface area contributed by atoms with Crippen LogP contribution in [0.25, 0.3) is 11.4 Å². The molecule has 8 heteroatoms. The monoisotopic (exact) mass is 390 g/mol.